The molecule has 3 N–H and O–H groups in total. The lowest BCUT2D eigenvalue weighted by atomic mass is 10.1. The lowest BCUT2D eigenvalue weighted by Crippen LogP contribution is -2.48. The summed E-state index contributed by atoms with van der Waals surface area (Å²) < 4.78 is 5.79. The molecule has 0 fully saturated rings. The molecule has 2 rings (SSSR count). The number of aliphatic hydroxyl groups is 1. The maximum Gasteiger partial charge on any atom is 0.411 e. The van der Waals surface area contributed by atoms with Gasteiger partial charge in [-0.25, -0.2) is 9.78 Å². The summed E-state index contributed by atoms with van der Waals surface area (Å²) in [6.45, 7) is 4.37. The van der Waals surface area contributed by atoms with Crippen molar-refractivity contribution in [1.82, 2.24) is 14.9 Å². The van der Waals surface area contributed by atoms with E-state index in [-0.39, 0.29) is 30.4 Å². The Balaban J connectivity index is 2.42. The number of nitriles is 1. The summed E-state index contributed by atoms with van der Waals surface area (Å²) in [5, 5.41) is 23.5. The molecule has 0 aliphatic rings. The number of ether oxygens (including phenoxy) is 1. The Morgan fingerprint density at radius 3 is 2.60 bits per heavy atom. The molecule has 0 saturated heterocycles. The van der Waals surface area contributed by atoms with Crippen LogP contribution in [0.1, 0.15) is 25.2 Å². The van der Waals surface area contributed by atoms with Gasteiger partial charge in [0.25, 0.3) is 5.56 Å². The molecule has 10 nitrogen and oxygen atoms in total. The van der Waals surface area contributed by atoms with Crippen molar-refractivity contribution < 1.29 is 19.4 Å². The maximum atomic E-state index is 12.6. The van der Waals surface area contributed by atoms with Gasteiger partial charge >= 0.3 is 6.09 Å². The lowest BCUT2D eigenvalue weighted by Gasteiger charge is -2.24. The molecule has 0 atom stereocenters. The molecule has 1 aromatic carbocycles. The van der Waals surface area contributed by atoms with E-state index in [9.17, 15) is 19.5 Å². The normalized spacial score (nSPS) is 10.8. The number of hydrogen-bond donors (Lipinski definition) is 3. The highest BCUT2D eigenvalue weighted by atomic mass is 16.5. The number of anilines is 1. The van der Waals surface area contributed by atoms with Gasteiger partial charge in [0, 0.05) is 11.6 Å². The van der Waals surface area contributed by atoms with Crippen molar-refractivity contribution in [3.8, 4) is 17.3 Å². The highest BCUT2D eigenvalue weighted by Gasteiger charge is 2.20. The minimum Gasteiger partial charge on any atom is -0.453 e. The lowest BCUT2D eigenvalue weighted by molar-refractivity contribution is -0.123. The summed E-state index contributed by atoms with van der Waals surface area (Å²) in [7, 11) is 1.20. The Kier molecular flexibility index (Phi) is 6.92. The SMILES string of the molecule is COC(=O)Nc1cc(C#N)ccc1-c1cc(=O)n(CC(=O)NC(C)(C)CO)c(C)n1. The first kappa shape index (κ1) is 22.6. The molecule has 0 aliphatic heterocycles. The number of aromatic nitrogens is 2. The molecule has 0 radical (unpaired) electrons. The third kappa shape index (κ3) is 5.42. The van der Waals surface area contributed by atoms with Gasteiger partial charge in [0.05, 0.1) is 42.3 Å². The highest BCUT2D eigenvalue weighted by Crippen LogP contribution is 2.27. The van der Waals surface area contributed by atoms with Gasteiger partial charge in [0.1, 0.15) is 12.4 Å². The zero-order valence-corrected chi connectivity index (χ0v) is 17.1. The number of rotatable bonds is 6. The Hall–Kier alpha value is -3.71. The van der Waals surface area contributed by atoms with Gasteiger partial charge in [0.2, 0.25) is 5.91 Å². The van der Waals surface area contributed by atoms with Crippen LogP contribution in [0.25, 0.3) is 11.3 Å². The minimum absolute atomic E-state index is 0.252. The van der Waals surface area contributed by atoms with Gasteiger partial charge in [-0.3, -0.25) is 19.5 Å². The zero-order chi connectivity index (χ0) is 22.5. The van der Waals surface area contributed by atoms with Gasteiger partial charge in [-0.2, -0.15) is 5.26 Å². The quantitative estimate of drug-likeness (QED) is 0.644. The van der Waals surface area contributed by atoms with E-state index in [1.54, 1.807) is 26.8 Å². The number of nitrogens with zero attached hydrogens (tertiary/aromatic N) is 3. The van der Waals surface area contributed by atoms with Crippen LogP contribution in [-0.4, -0.2) is 45.9 Å². The number of hydrogen-bond acceptors (Lipinski definition) is 7. The van der Waals surface area contributed by atoms with E-state index in [1.165, 1.54) is 29.9 Å². The van der Waals surface area contributed by atoms with E-state index >= 15 is 0 Å². The summed E-state index contributed by atoms with van der Waals surface area (Å²) >= 11 is 0. The number of aryl methyl sites for hydroxylation is 1. The van der Waals surface area contributed by atoms with Crippen LogP contribution in [0.2, 0.25) is 0 Å². The molecular weight excluding hydrogens is 390 g/mol. The van der Waals surface area contributed by atoms with Crippen molar-refractivity contribution in [3.05, 3.63) is 46.0 Å². The standard InChI is InChI=1S/C20H23N5O5/c1-12-22-16(8-18(28)25(12)10-17(27)24-20(2,3)11-26)14-6-5-13(9-21)7-15(14)23-19(29)30-4/h5-8,26H,10-11H2,1-4H3,(H,23,29)(H,24,27). The van der Waals surface area contributed by atoms with Crippen LogP contribution in [0.15, 0.2) is 29.1 Å². The Morgan fingerprint density at radius 2 is 2.03 bits per heavy atom. The van der Waals surface area contributed by atoms with E-state index in [1.807, 2.05) is 6.07 Å². The number of benzene rings is 1. The average molecular weight is 413 g/mol. The largest absolute Gasteiger partial charge is 0.453 e. The molecule has 0 aliphatic carbocycles. The minimum atomic E-state index is -0.821. The second-order valence-electron chi connectivity index (χ2n) is 7.19. The van der Waals surface area contributed by atoms with Crippen molar-refractivity contribution in [2.24, 2.45) is 0 Å². The Bertz CT molecular complexity index is 1070. The molecule has 2 amide bonds. The number of nitrogens with one attached hydrogen (secondary N) is 2. The number of amides is 2. The van der Waals surface area contributed by atoms with Crippen molar-refractivity contribution in [2.75, 3.05) is 19.0 Å². The first-order valence-corrected chi connectivity index (χ1v) is 9.00. The summed E-state index contributed by atoms with van der Waals surface area (Å²) in [6.07, 6.45) is -0.737. The van der Waals surface area contributed by atoms with Crippen LogP contribution in [0.3, 0.4) is 0 Å². The van der Waals surface area contributed by atoms with Crippen molar-refractivity contribution >= 4 is 17.7 Å². The molecule has 0 saturated carbocycles. The average Bonchev–Trinajstić information content (AvgIpc) is 2.70. The van der Waals surface area contributed by atoms with Crippen LogP contribution in [0.5, 0.6) is 0 Å². The number of carbonyl (C=O) groups excluding carboxylic acids is 2. The van der Waals surface area contributed by atoms with E-state index in [0.29, 0.717) is 11.1 Å². The molecular formula is C20H23N5O5. The molecule has 1 aromatic heterocycles. The van der Waals surface area contributed by atoms with Gasteiger partial charge in [-0.05, 0) is 39.0 Å². The van der Waals surface area contributed by atoms with Crippen molar-refractivity contribution in [3.63, 3.8) is 0 Å². The third-order valence-electron chi connectivity index (χ3n) is 4.22. The summed E-state index contributed by atoms with van der Waals surface area (Å²) in [5.41, 5.74) is -0.0502. The van der Waals surface area contributed by atoms with Crippen LogP contribution >= 0.6 is 0 Å². The monoisotopic (exact) mass is 413 g/mol. The summed E-state index contributed by atoms with van der Waals surface area (Å²) in [5.74, 6) is -0.164. The van der Waals surface area contributed by atoms with E-state index in [2.05, 4.69) is 20.4 Å². The van der Waals surface area contributed by atoms with Crippen molar-refractivity contribution in [2.45, 2.75) is 32.9 Å². The zero-order valence-electron chi connectivity index (χ0n) is 17.1. The van der Waals surface area contributed by atoms with Gasteiger partial charge < -0.3 is 15.2 Å². The van der Waals surface area contributed by atoms with Crippen molar-refractivity contribution in [1.29, 1.82) is 5.26 Å². The smallest absolute Gasteiger partial charge is 0.411 e. The van der Waals surface area contributed by atoms with Crippen LogP contribution in [-0.2, 0) is 16.1 Å². The summed E-state index contributed by atoms with van der Waals surface area (Å²) in [6, 6.07) is 7.75. The molecule has 1 heterocycles. The number of carbonyl (C=O) groups is 2. The molecule has 2 aromatic rings. The van der Waals surface area contributed by atoms with E-state index < -0.39 is 23.1 Å². The van der Waals surface area contributed by atoms with E-state index in [0.717, 1.165) is 0 Å². The molecule has 0 bridgehead atoms. The fourth-order valence-electron chi connectivity index (χ4n) is 2.65. The second kappa shape index (κ2) is 9.19. The highest BCUT2D eigenvalue weighted by molar-refractivity contribution is 5.91. The topological polar surface area (TPSA) is 146 Å². The maximum absolute atomic E-state index is 12.6. The van der Waals surface area contributed by atoms with Crippen LogP contribution in [0, 0.1) is 18.3 Å². The summed E-state index contributed by atoms with van der Waals surface area (Å²) in [4.78, 5) is 40.9. The second-order valence-corrected chi connectivity index (χ2v) is 7.19. The predicted molar refractivity (Wildman–Crippen MR) is 109 cm³/mol. The fraction of sp³-hybridized carbons (Fsp3) is 0.350. The Labute approximate surface area is 173 Å². The predicted octanol–water partition coefficient (Wildman–Crippen LogP) is 1.16. The molecule has 10 heteroatoms. The van der Waals surface area contributed by atoms with Crippen LogP contribution in [0.4, 0.5) is 10.5 Å². The molecule has 30 heavy (non-hydrogen) atoms. The fourth-order valence-corrected chi connectivity index (χ4v) is 2.65. The molecule has 0 spiro atoms. The molecule has 0 unspecified atom stereocenters. The van der Waals surface area contributed by atoms with Gasteiger partial charge in [-0.15, -0.1) is 0 Å². The number of methoxy groups -OCH3 is 1. The number of aliphatic hydroxyl groups excluding tert-OH is 1. The van der Waals surface area contributed by atoms with Gasteiger partial charge in [-0.1, -0.05) is 0 Å². The van der Waals surface area contributed by atoms with Gasteiger partial charge in [0.15, 0.2) is 0 Å². The first-order valence-electron chi connectivity index (χ1n) is 9.00. The van der Waals surface area contributed by atoms with Crippen LogP contribution < -0.4 is 16.2 Å². The van der Waals surface area contributed by atoms with E-state index in [4.69, 9.17) is 5.26 Å². The third-order valence-corrected chi connectivity index (χ3v) is 4.22. The Morgan fingerprint density at radius 1 is 1.33 bits per heavy atom. The molecule has 158 valence electrons. The first-order chi connectivity index (χ1) is 14.1.